The van der Waals surface area contributed by atoms with Crippen LogP contribution in [0, 0.1) is 0 Å². The van der Waals surface area contributed by atoms with E-state index >= 15 is 0 Å². The third-order valence-corrected chi connectivity index (χ3v) is 4.95. The first-order valence-electron chi connectivity index (χ1n) is 9.27. The van der Waals surface area contributed by atoms with Crippen molar-refractivity contribution < 1.29 is 14.6 Å². The van der Waals surface area contributed by atoms with Gasteiger partial charge in [0, 0.05) is 43.9 Å². The van der Waals surface area contributed by atoms with E-state index in [9.17, 15) is 9.90 Å². The smallest absolute Gasteiger partial charge is 0.257 e. The minimum absolute atomic E-state index is 0.148. The molecule has 144 valence electrons. The summed E-state index contributed by atoms with van der Waals surface area (Å²) in [6.45, 7) is 0.720. The molecule has 0 aliphatic carbocycles. The predicted molar refractivity (Wildman–Crippen MR) is 106 cm³/mol. The van der Waals surface area contributed by atoms with Crippen LogP contribution in [0.25, 0.3) is 10.9 Å². The molecule has 1 aliphatic heterocycles. The van der Waals surface area contributed by atoms with Crippen molar-refractivity contribution in [2.24, 2.45) is 0 Å². The Morgan fingerprint density at radius 1 is 1.21 bits per heavy atom. The number of rotatable bonds is 4. The highest BCUT2D eigenvalue weighted by Gasteiger charge is 2.32. The molecule has 7 heteroatoms. The van der Waals surface area contributed by atoms with E-state index in [1.165, 1.54) is 0 Å². The third kappa shape index (κ3) is 3.61. The molecular weight excluding hydrogens is 356 g/mol. The molecule has 2 atom stereocenters. The highest BCUT2D eigenvalue weighted by atomic mass is 16.5. The summed E-state index contributed by atoms with van der Waals surface area (Å²) < 4.78 is 6.00. The number of ether oxygens (including phenoxy) is 1. The molecule has 3 heterocycles. The number of amides is 1. The number of aromatic nitrogens is 2. The summed E-state index contributed by atoms with van der Waals surface area (Å²) >= 11 is 0. The lowest BCUT2D eigenvalue weighted by atomic mass is 10.0. The Balaban J connectivity index is 1.44. The number of fused-ring (bicyclic) bond motifs is 1. The summed E-state index contributed by atoms with van der Waals surface area (Å²) in [7, 11) is 1.73. The van der Waals surface area contributed by atoms with Crippen molar-refractivity contribution >= 4 is 22.6 Å². The molecule has 1 fully saturated rings. The lowest BCUT2D eigenvalue weighted by Gasteiger charge is -2.36. The minimum Gasteiger partial charge on any atom is -0.488 e. The fourth-order valence-electron chi connectivity index (χ4n) is 3.47. The van der Waals surface area contributed by atoms with Crippen molar-refractivity contribution in [1.29, 1.82) is 0 Å². The van der Waals surface area contributed by atoms with Crippen molar-refractivity contribution in [2.75, 3.05) is 25.5 Å². The van der Waals surface area contributed by atoms with Gasteiger partial charge in [0.1, 0.15) is 23.8 Å². The zero-order valence-corrected chi connectivity index (χ0v) is 15.6. The Morgan fingerprint density at radius 3 is 2.86 bits per heavy atom. The van der Waals surface area contributed by atoms with E-state index in [1.807, 2.05) is 30.3 Å². The molecule has 1 aliphatic rings. The van der Waals surface area contributed by atoms with Gasteiger partial charge in [-0.1, -0.05) is 6.07 Å². The van der Waals surface area contributed by atoms with Gasteiger partial charge in [0.05, 0.1) is 17.6 Å². The number of carbonyl (C=O) groups excluding carboxylic acids is 1. The van der Waals surface area contributed by atoms with Gasteiger partial charge in [0.15, 0.2) is 0 Å². The summed E-state index contributed by atoms with van der Waals surface area (Å²) in [6, 6.07) is 13.0. The van der Waals surface area contributed by atoms with Crippen LogP contribution >= 0.6 is 0 Å². The number of aliphatic hydroxyl groups excluding tert-OH is 1. The molecule has 0 unspecified atom stereocenters. The van der Waals surface area contributed by atoms with E-state index in [-0.39, 0.29) is 18.6 Å². The van der Waals surface area contributed by atoms with Crippen LogP contribution in [0.3, 0.4) is 0 Å². The van der Waals surface area contributed by atoms with Gasteiger partial charge in [-0.3, -0.25) is 9.78 Å². The molecule has 0 bridgehead atoms. The van der Waals surface area contributed by atoms with Gasteiger partial charge in [0.2, 0.25) is 0 Å². The molecule has 0 spiro atoms. The van der Waals surface area contributed by atoms with Crippen LogP contribution in [0.4, 0.5) is 5.82 Å². The van der Waals surface area contributed by atoms with Crippen LogP contribution in [0.15, 0.2) is 54.9 Å². The number of nitrogens with one attached hydrogen (secondary N) is 1. The summed E-state index contributed by atoms with van der Waals surface area (Å²) in [4.78, 5) is 23.0. The quantitative estimate of drug-likeness (QED) is 0.725. The largest absolute Gasteiger partial charge is 0.488 e. The fraction of sp³-hybridized carbons (Fsp3) is 0.286. The van der Waals surface area contributed by atoms with E-state index in [2.05, 4.69) is 15.3 Å². The molecule has 1 saturated heterocycles. The van der Waals surface area contributed by atoms with Gasteiger partial charge in [-0.25, -0.2) is 4.98 Å². The summed E-state index contributed by atoms with van der Waals surface area (Å²) in [5, 5.41) is 14.5. The van der Waals surface area contributed by atoms with Gasteiger partial charge in [0.25, 0.3) is 5.91 Å². The van der Waals surface area contributed by atoms with Crippen LogP contribution in [0.5, 0.6) is 5.75 Å². The molecule has 2 N–H and O–H groups in total. The summed E-state index contributed by atoms with van der Waals surface area (Å²) in [5.74, 6) is 1.05. The number of likely N-dealkylation sites (tertiary alicyclic amines) is 1. The molecule has 2 aromatic heterocycles. The molecule has 0 radical (unpaired) electrons. The molecular formula is C21H22N4O3. The van der Waals surface area contributed by atoms with E-state index in [1.54, 1.807) is 36.5 Å². The second-order valence-electron chi connectivity index (χ2n) is 6.77. The summed E-state index contributed by atoms with van der Waals surface area (Å²) in [5.41, 5.74) is 1.34. The highest BCUT2D eigenvalue weighted by Crippen LogP contribution is 2.24. The maximum atomic E-state index is 12.8. The lowest BCUT2D eigenvalue weighted by Crippen LogP contribution is -2.51. The second-order valence-corrected chi connectivity index (χ2v) is 6.77. The van der Waals surface area contributed by atoms with Gasteiger partial charge in [-0.2, -0.15) is 0 Å². The number of nitrogens with zero attached hydrogens (tertiary/aromatic N) is 3. The van der Waals surface area contributed by atoms with Gasteiger partial charge < -0.3 is 20.1 Å². The lowest BCUT2D eigenvalue weighted by molar-refractivity contribution is -0.0198. The maximum absolute atomic E-state index is 12.8. The fourth-order valence-corrected chi connectivity index (χ4v) is 3.47. The van der Waals surface area contributed by atoms with E-state index in [4.69, 9.17) is 4.74 Å². The number of benzene rings is 1. The Labute approximate surface area is 163 Å². The average Bonchev–Trinajstić information content (AvgIpc) is 2.74. The van der Waals surface area contributed by atoms with E-state index in [0.29, 0.717) is 30.1 Å². The standard InChI is InChI=1S/C21H22N4O3/c1-22-20-16(5-3-10-24-20)21(27)25-11-8-19(18(26)13-25)28-15-7-6-14-4-2-9-23-17(14)12-15/h2-7,9-10,12,18-19,26H,8,11,13H2,1H3,(H,22,24)/t18-,19-/m1/s1. The number of hydrogen-bond donors (Lipinski definition) is 2. The Hall–Kier alpha value is -3.19. The van der Waals surface area contributed by atoms with E-state index < -0.39 is 6.10 Å². The number of aliphatic hydroxyl groups is 1. The highest BCUT2D eigenvalue weighted by molar-refractivity contribution is 5.98. The van der Waals surface area contributed by atoms with Crippen molar-refractivity contribution in [2.45, 2.75) is 18.6 Å². The van der Waals surface area contributed by atoms with Crippen LogP contribution in [0.2, 0.25) is 0 Å². The third-order valence-electron chi connectivity index (χ3n) is 4.95. The monoisotopic (exact) mass is 378 g/mol. The second kappa shape index (κ2) is 7.82. The number of anilines is 1. The zero-order chi connectivity index (χ0) is 19.5. The number of hydrogen-bond acceptors (Lipinski definition) is 6. The van der Waals surface area contributed by atoms with Crippen LogP contribution in [-0.4, -0.2) is 58.2 Å². The topological polar surface area (TPSA) is 87.6 Å². The molecule has 28 heavy (non-hydrogen) atoms. The number of carbonyl (C=O) groups is 1. The number of piperidine rings is 1. The molecule has 4 rings (SSSR count). The molecule has 3 aromatic rings. The van der Waals surface area contributed by atoms with Crippen molar-refractivity contribution in [3.63, 3.8) is 0 Å². The Morgan fingerprint density at radius 2 is 2.04 bits per heavy atom. The first-order chi connectivity index (χ1) is 13.7. The van der Waals surface area contributed by atoms with Crippen LogP contribution in [-0.2, 0) is 0 Å². The van der Waals surface area contributed by atoms with Crippen LogP contribution < -0.4 is 10.1 Å². The van der Waals surface area contributed by atoms with Gasteiger partial charge in [-0.05, 0) is 30.3 Å². The van der Waals surface area contributed by atoms with E-state index in [0.717, 1.165) is 10.9 Å². The summed E-state index contributed by atoms with van der Waals surface area (Å²) in [6.07, 6.45) is 2.77. The Bertz CT molecular complexity index is 994. The van der Waals surface area contributed by atoms with Gasteiger partial charge in [-0.15, -0.1) is 0 Å². The zero-order valence-electron chi connectivity index (χ0n) is 15.6. The minimum atomic E-state index is -0.771. The van der Waals surface area contributed by atoms with Crippen molar-refractivity contribution in [3.05, 3.63) is 60.4 Å². The maximum Gasteiger partial charge on any atom is 0.257 e. The van der Waals surface area contributed by atoms with Crippen molar-refractivity contribution in [3.8, 4) is 5.75 Å². The number of pyridine rings is 2. The predicted octanol–water partition coefficient (Wildman–Crippen LogP) is 2.33. The number of β-amino-alcohol motifs (C(OH)–C–C–N with tert-alkyl or cyclic N) is 1. The van der Waals surface area contributed by atoms with Crippen molar-refractivity contribution in [1.82, 2.24) is 14.9 Å². The first-order valence-corrected chi connectivity index (χ1v) is 9.27. The Kier molecular flexibility index (Phi) is 5.08. The normalized spacial score (nSPS) is 19.4. The molecule has 1 amide bonds. The molecule has 7 nitrogen and oxygen atoms in total. The van der Waals surface area contributed by atoms with Crippen LogP contribution in [0.1, 0.15) is 16.8 Å². The molecule has 0 saturated carbocycles. The van der Waals surface area contributed by atoms with Gasteiger partial charge >= 0.3 is 0 Å². The SMILES string of the molecule is CNc1ncccc1C(=O)N1CC[C@@H](Oc2ccc3cccnc3c2)[C@H](O)C1. The average molecular weight is 378 g/mol. The molecule has 1 aromatic carbocycles. The first kappa shape index (κ1) is 18.2.